The van der Waals surface area contributed by atoms with Crippen LogP contribution in [0.4, 0.5) is 0 Å². The summed E-state index contributed by atoms with van der Waals surface area (Å²) in [6.45, 7) is 5.80. The summed E-state index contributed by atoms with van der Waals surface area (Å²) in [5.41, 5.74) is 0.0484. The van der Waals surface area contributed by atoms with E-state index in [2.05, 4.69) is 13.8 Å². The molecule has 0 aromatic rings. The van der Waals surface area contributed by atoms with Crippen LogP contribution in [-0.2, 0) is 9.59 Å². The van der Waals surface area contributed by atoms with Crippen molar-refractivity contribution in [3.63, 3.8) is 0 Å². The molecule has 12 heavy (non-hydrogen) atoms. The molecule has 1 aliphatic rings. The fourth-order valence-electron chi connectivity index (χ4n) is 2.22. The Bertz CT molecular complexity index is 206. The predicted octanol–water partition coefficient (Wildman–Crippen LogP) is 1.83. The molecule has 0 bridgehead atoms. The van der Waals surface area contributed by atoms with Crippen molar-refractivity contribution in [2.24, 2.45) is 17.3 Å². The fourth-order valence-corrected chi connectivity index (χ4v) is 2.22. The Hall–Kier alpha value is -0.660. The van der Waals surface area contributed by atoms with E-state index in [-0.39, 0.29) is 17.1 Å². The number of carbonyl (C=O) groups is 2. The Balaban J connectivity index is 2.59. The predicted molar refractivity (Wildman–Crippen MR) is 46.7 cm³/mol. The van der Waals surface area contributed by atoms with Crippen LogP contribution in [-0.4, -0.2) is 12.1 Å². The third kappa shape index (κ3) is 1.30. The van der Waals surface area contributed by atoms with Crippen LogP contribution in [0, 0.1) is 17.3 Å². The maximum atomic E-state index is 11.1. The molecule has 0 saturated heterocycles. The molecule has 0 radical (unpaired) electrons. The van der Waals surface area contributed by atoms with E-state index in [0.717, 1.165) is 12.7 Å². The Labute approximate surface area is 73.3 Å². The number of rotatable bonds is 3. The average Bonchev–Trinajstić information content (AvgIpc) is 1.96. The van der Waals surface area contributed by atoms with Gasteiger partial charge in [0.05, 0.1) is 0 Å². The lowest BCUT2D eigenvalue weighted by molar-refractivity contribution is -0.138. The standard InChI is InChI=1S/C10H16O2/c1-7(12)9-6-8(4-5-11)10(9,2)3/h5,8-9H,4,6H2,1-3H3/t8-,9?/m0/s1. The molecular weight excluding hydrogens is 152 g/mol. The van der Waals surface area contributed by atoms with Gasteiger partial charge in [0.2, 0.25) is 0 Å². The van der Waals surface area contributed by atoms with E-state index in [4.69, 9.17) is 0 Å². The van der Waals surface area contributed by atoms with Crippen molar-refractivity contribution in [2.45, 2.75) is 33.6 Å². The van der Waals surface area contributed by atoms with Gasteiger partial charge in [-0.15, -0.1) is 0 Å². The monoisotopic (exact) mass is 168 g/mol. The molecule has 2 nitrogen and oxygen atoms in total. The van der Waals surface area contributed by atoms with Crippen LogP contribution in [0.15, 0.2) is 0 Å². The first-order valence-electron chi connectivity index (χ1n) is 4.44. The van der Waals surface area contributed by atoms with Gasteiger partial charge in [0.1, 0.15) is 12.1 Å². The van der Waals surface area contributed by atoms with E-state index in [9.17, 15) is 9.59 Å². The van der Waals surface area contributed by atoms with Crippen LogP contribution in [0.2, 0.25) is 0 Å². The molecule has 0 heterocycles. The number of Topliss-reactive ketones (excluding diaryl/α,β-unsaturated/α-hetero) is 1. The molecule has 68 valence electrons. The van der Waals surface area contributed by atoms with Gasteiger partial charge in [-0.05, 0) is 24.7 Å². The van der Waals surface area contributed by atoms with Crippen molar-refractivity contribution in [3.8, 4) is 0 Å². The van der Waals surface area contributed by atoms with Gasteiger partial charge in [0.25, 0.3) is 0 Å². The minimum absolute atomic E-state index is 0.0484. The quantitative estimate of drug-likeness (QED) is 0.602. The van der Waals surface area contributed by atoms with Crippen LogP contribution in [0.5, 0.6) is 0 Å². The molecule has 1 unspecified atom stereocenters. The average molecular weight is 168 g/mol. The van der Waals surface area contributed by atoms with E-state index in [1.807, 2.05) is 0 Å². The molecule has 1 rings (SSSR count). The van der Waals surface area contributed by atoms with E-state index in [1.165, 1.54) is 0 Å². The minimum Gasteiger partial charge on any atom is -0.303 e. The van der Waals surface area contributed by atoms with Crippen molar-refractivity contribution < 1.29 is 9.59 Å². The smallest absolute Gasteiger partial charge is 0.133 e. The summed E-state index contributed by atoms with van der Waals surface area (Å²) in [5.74, 6) is 0.869. The summed E-state index contributed by atoms with van der Waals surface area (Å²) in [4.78, 5) is 21.4. The highest BCUT2D eigenvalue weighted by Gasteiger charge is 2.49. The van der Waals surface area contributed by atoms with Crippen molar-refractivity contribution in [1.29, 1.82) is 0 Å². The Morgan fingerprint density at radius 2 is 2.17 bits per heavy atom. The molecule has 1 saturated carbocycles. The highest BCUT2D eigenvalue weighted by molar-refractivity contribution is 5.80. The Morgan fingerprint density at radius 3 is 2.50 bits per heavy atom. The zero-order valence-corrected chi connectivity index (χ0v) is 7.96. The van der Waals surface area contributed by atoms with Crippen molar-refractivity contribution >= 4 is 12.1 Å². The second-order valence-electron chi connectivity index (χ2n) is 4.32. The summed E-state index contributed by atoms with van der Waals surface area (Å²) in [6.07, 6.45) is 2.47. The zero-order chi connectivity index (χ0) is 9.35. The molecule has 0 N–H and O–H groups in total. The van der Waals surface area contributed by atoms with Crippen molar-refractivity contribution in [3.05, 3.63) is 0 Å². The number of carbonyl (C=O) groups excluding carboxylic acids is 2. The van der Waals surface area contributed by atoms with E-state index in [0.29, 0.717) is 12.3 Å². The maximum absolute atomic E-state index is 11.1. The van der Waals surface area contributed by atoms with Crippen molar-refractivity contribution in [2.75, 3.05) is 0 Å². The largest absolute Gasteiger partial charge is 0.303 e. The second kappa shape index (κ2) is 3.00. The number of hydrogen-bond acceptors (Lipinski definition) is 2. The van der Waals surface area contributed by atoms with Crippen LogP contribution < -0.4 is 0 Å². The molecule has 2 heteroatoms. The molecule has 2 atom stereocenters. The first-order valence-corrected chi connectivity index (χ1v) is 4.44. The van der Waals surface area contributed by atoms with Gasteiger partial charge < -0.3 is 4.79 Å². The summed E-state index contributed by atoms with van der Waals surface area (Å²) < 4.78 is 0. The normalized spacial score (nSPS) is 32.2. The molecule has 1 fully saturated rings. The minimum atomic E-state index is 0.0484. The second-order valence-corrected chi connectivity index (χ2v) is 4.32. The van der Waals surface area contributed by atoms with Gasteiger partial charge in [-0.3, -0.25) is 4.79 Å². The van der Waals surface area contributed by atoms with Gasteiger partial charge in [0, 0.05) is 12.3 Å². The lowest BCUT2D eigenvalue weighted by Crippen LogP contribution is -2.48. The summed E-state index contributed by atoms with van der Waals surface area (Å²) in [5, 5.41) is 0. The molecule has 0 spiro atoms. The number of aldehydes is 1. The van der Waals surface area contributed by atoms with E-state index >= 15 is 0 Å². The maximum Gasteiger partial charge on any atom is 0.133 e. The van der Waals surface area contributed by atoms with Gasteiger partial charge >= 0.3 is 0 Å². The van der Waals surface area contributed by atoms with Crippen LogP contribution in [0.3, 0.4) is 0 Å². The highest BCUT2D eigenvalue weighted by Crippen LogP contribution is 2.52. The van der Waals surface area contributed by atoms with Crippen molar-refractivity contribution in [1.82, 2.24) is 0 Å². The van der Waals surface area contributed by atoms with Crippen LogP contribution in [0.1, 0.15) is 33.6 Å². The lowest BCUT2D eigenvalue weighted by Gasteiger charge is -2.50. The highest BCUT2D eigenvalue weighted by atomic mass is 16.1. The third-order valence-corrected chi connectivity index (χ3v) is 3.34. The Kier molecular flexibility index (Phi) is 2.36. The van der Waals surface area contributed by atoms with Crippen LogP contribution in [0.25, 0.3) is 0 Å². The van der Waals surface area contributed by atoms with Gasteiger partial charge in [-0.25, -0.2) is 0 Å². The van der Waals surface area contributed by atoms with Crippen LogP contribution >= 0.6 is 0 Å². The zero-order valence-electron chi connectivity index (χ0n) is 7.96. The first kappa shape index (κ1) is 9.43. The van der Waals surface area contributed by atoms with E-state index in [1.54, 1.807) is 6.92 Å². The Morgan fingerprint density at radius 1 is 1.58 bits per heavy atom. The van der Waals surface area contributed by atoms with Gasteiger partial charge in [0.15, 0.2) is 0 Å². The fraction of sp³-hybridized carbons (Fsp3) is 0.800. The SMILES string of the molecule is CC(=O)C1C[C@H](CC=O)C1(C)C. The summed E-state index contributed by atoms with van der Waals surface area (Å²) >= 11 is 0. The number of ketones is 1. The van der Waals surface area contributed by atoms with Gasteiger partial charge in [-0.1, -0.05) is 13.8 Å². The molecule has 0 amide bonds. The van der Waals surface area contributed by atoms with E-state index < -0.39 is 0 Å². The molecule has 0 aromatic heterocycles. The number of hydrogen-bond donors (Lipinski definition) is 0. The first-order chi connectivity index (χ1) is 5.50. The van der Waals surface area contributed by atoms with Gasteiger partial charge in [-0.2, -0.15) is 0 Å². The molecule has 0 aliphatic heterocycles. The lowest BCUT2D eigenvalue weighted by atomic mass is 9.53. The third-order valence-electron chi connectivity index (χ3n) is 3.34. The molecule has 1 aliphatic carbocycles. The summed E-state index contributed by atoms with van der Waals surface area (Å²) in [7, 11) is 0. The summed E-state index contributed by atoms with van der Waals surface area (Å²) in [6, 6.07) is 0. The topological polar surface area (TPSA) is 34.1 Å². The molecule has 0 aromatic carbocycles. The molecular formula is C10H16O2.